The molecule has 18 heavy (non-hydrogen) atoms. The van der Waals surface area contributed by atoms with E-state index >= 15 is 0 Å². The van der Waals surface area contributed by atoms with Gasteiger partial charge < -0.3 is 9.53 Å². The number of ether oxygens (including phenoxy) is 1. The Bertz CT molecular complexity index is 507. The summed E-state index contributed by atoms with van der Waals surface area (Å²) < 4.78 is 26.5. The molecule has 0 saturated carbocycles. The quantitative estimate of drug-likeness (QED) is 0.429. The van der Waals surface area contributed by atoms with Gasteiger partial charge in [0.2, 0.25) is 0 Å². The lowest BCUT2D eigenvalue weighted by Gasteiger charge is -2.10. The molecule has 0 fully saturated rings. The Balaban J connectivity index is 2.62. The van der Waals surface area contributed by atoms with Gasteiger partial charge in [0.15, 0.2) is 9.84 Å². The van der Waals surface area contributed by atoms with E-state index in [4.69, 9.17) is 4.74 Å². The van der Waals surface area contributed by atoms with Crippen molar-refractivity contribution in [3.63, 3.8) is 0 Å². The summed E-state index contributed by atoms with van der Waals surface area (Å²) in [5.41, 5.74) is 0.525. The van der Waals surface area contributed by atoms with Crippen molar-refractivity contribution in [2.75, 3.05) is 18.6 Å². The molecule has 0 aliphatic carbocycles. The SMILES string of the molecule is CS(=O)(=O)CCOC(=O)C(C=O)c1ccccc1. The molecular formula is C12H14O5S. The van der Waals surface area contributed by atoms with Gasteiger partial charge in [-0.2, -0.15) is 0 Å². The van der Waals surface area contributed by atoms with E-state index in [-0.39, 0.29) is 12.4 Å². The first-order chi connectivity index (χ1) is 8.44. The third-order valence-corrected chi connectivity index (χ3v) is 3.16. The van der Waals surface area contributed by atoms with E-state index in [9.17, 15) is 18.0 Å². The molecule has 98 valence electrons. The van der Waals surface area contributed by atoms with E-state index in [0.717, 1.165) is 6.26 Å². The van der Waals surface area contributed by atoms with Crippen LogP contribution in [0.1, 0.15) is 11.5 Å². The maximum atomic E-state index is 11.6. The van der Waals surface area contributed by atoms with Crippen molar-refractivity contribution in [3.05, 3.63) is 35.9 Å². The van der Waals surface area contributed by atoms with Crippen molar-refractivity contribution >= 4 is 22.1 Å². The zero-order chi connectivity index (χ0) is 13.6. The summed E-state index contributed by atoms with van der Waals surface area (Å²) in [6.07, 6.45) is 1.54. The van der Waals surface area contributed by atoms with Crippen LogP contribution < -0.4 is 0 Å². The molecule has 0 amide bonds. The highest BCUT2D eigenvalue weighted by atomic mass is 32.2. The number of hydrogen-bond donors (Lipinski definition) is 0. The van der Waals surface area contributed by atoms with Crippen LogP contribution in [0.3, 0.4) is 0 Å². The van der Waals surface area contributed by atoms with Crippen LogP contribution in [0.25, 0.3) is 0 Å². The van der Waals surface area contributed by atoms with Crippen LogP contribution in [0.5, 0.6) is 0 Å². The Kier molecular flexibility index (Phi) is 5.03. The van der Waals surface area contributed by atoms with Gasteiger partial charge in [-0.1, -0.05) is 30.3 Å². The fraction of sp³-hybridized carbons (Fsp3) is 0.333. The van der Waals surface area contributed by atoms with Crippen LogP contribution in [-0.2, 0) is 24.2 Å². The minimum absolute atomic E-state index is 0.241. The van der Waals surface area contributed by atoms with Gasteiger partial charge in [-0.3, -0.25) is 4.79 Å². The Morgan fingerprint density at radius 2 is 1.94 bits per heavy atom. The Labute approximate surface area is 106 Å². The molecule has 0 saturated heterocycles. The Hall–Kier alpha value is -1.69. The van der Waals surface area contributed by atoms with Crippen LogP contribution >= 0.6 is 0 Å². The largest absolute Gasteiger partial charge is 0.464 e. The second kappa shape index (κ2) is 6.30. The van der Waals surface area contributed by atoms with Crippen LogP contribution in [0.15, 0.2) is 30.3 Å². The van der Waals surface area contributed by atoms with Gasteiger partial charge >= 0.3 is 5.97 Å². The average Bonchev–Trinajstić information content (AvgIpc) is 2.29. The molecule has 0 aliphatic rings. The number of carbonyl (C=O) groups is 2. The van der Waals surface area contributed by atoms with Gasteiger partial charge in [0.25, 0.3) is 0 Å². The molecule has 0 aliphatic heterocycles. The molecule has 0 heterocycles. The first kappa shape index (κ1) is 14.4. The van der Waals surface area contributed by atoms with Crippen molar-refractivity contribution < 1.29 is 22.7 Å². The molecule has 0 bridgehead atoms. The van der Waals surface area contributed by atoms with E-state index in [2.05, 4.69) is 0 Å². The molecule has 0 N–H and O–H groups in total. The molecule has 1 aromatic rings. The van der Waals surface area contributed by atoms with E-state index in [1.54, 1.807) is 30.3 Å². The number of hydrogen-bond acceptors (Lipinski definition) is 5. The van der Waals surface area contributed by atoms with Gasteiger partial charge in [0.05, 0.1) is 5.75 Å². The second-order valence-corrected chi connectivity index (χ2v) is 6.08. The van der Waals surface area contributed by atoms with Gasteiger partial charge in [-0.05, 0) is 5.56 Å². The summed E-state index contributed by atoms with van der Waals surface area (Å²) in [6, 6.07) is 8.44. The Morgan fingerprint density at radius 1 is 1.33 bits per heavy atom. The van der Waals surface area contributed by atoms with Crippen molar-refractivity contribution in [1.29, 1.82) is 0 Å². The number of carbonyl (C=O) groups excluding carboxylic acids is 2. The molecule has 6 heteroatoms. The molecule has 1 unspecified atom stereocenters. The predicted octanol–water partition coefficient (Wildman–Crippen LogP) is 0.557. The monoisotopic (exact) mass is 270 g/mol. The van der Waals surface area contributed by atoms with Gasteiger partial charge in [-0.15, -0.1) is 0 Å². The number of aldehydes is 1. The van der Waals surface area contributed by atoms with Gasteiger partial charge in [0, 0.05) is 6.26 Å². The van der Waals surface area contributed by atoms with Crippen molar-refractivity contribution in [2.24, 2.45) is 0 Å². The normalized spacial score (nSPS) is 12.7. The first-order valence-corrected chi connectivity index (χ1v) is 7.34. The highest BCUT2D eigenvalue weighted by Crippen LogP contribution is 2.14. The standard InChI is InChI=1S/C12H14O5S/c1-18(15,16)8-7-17-12(14)11(9-13)10-5-3-2-4-6-10/h2-6,9,11H,7-8H2,1H3. The maximum Gasteiger partial charge on any atom is 0.320 e. The minimum Gasteiger partial charge on any atom is -0.464 e. The summed E-state index contributed by atoms with van der Waals surface area (Å²) in [6.45, 7) is -0.241. The van der Waals surface area contributed by atoms with Crippen molar-refractivity contribution in [2.45, 2.75) is 5.92 Å². The fourth-order valence-electron chi connectivity index (χ4n) is 1.31. The number of benzene rings is 1. The second-order valence-electron chi connectivity index (χ2n) is 3.82. The van der Waals surface area contributed by atoms with E-state index in [1.165, 1.54) is 0 Å². The van der Waals surface area contributed by atoms with Crippen molar-refractivity contribution in [3.8, 4) is 0 Å². The van der Waals surface area contributed by atoms with Crippen LogP contribution in [0.2, 0.25) is 0 Å². The maximum absolute atomic E-state index is 11.6. The molecular weight excluding hydrogens is 256 g/mol. The average molecular weight is 270 g/mol. The summed E-state index contributed by atoms with van der Waals surface area (Å²) in [5, 5.41) is 0. The summed E-state index contributed by atoms with van der Waals surface area (Å²) in [4.78, 5) is 22.5. The molecule has 5 nitrogen and oxygen atoms in total. The van der Waals surface area contributed by atoms with Gasteiger partial charge in [-0.25, -0.2) is 8.42 Å². The smallest absolute Gasteiger partial charge is 0.320 e. The van der Waals surface area contributed by atoms with E-state index in [1.807, 2.05) is 0 Å². The third-order valence-electron chi connectivity index (χ3n) is 2.25. The lowest BCUT2D eigenvalue weighted by molar-refractivity contribution is -0.145. The summed E-state index contributed by atoms with van der Waals surface area (Å²) in [7, 11) is -3.18. The zero-order valence-corrected chi connectivity index (χ0v) is 10.7. The van der Waals surface area contributed by atoms with Crippen LogP contribution in [0, 0.1) is 0 Å². The highest BCUT2D eigenvalue weighted by molar-refractivity contribution is 7.90. The number of esters is 1. The summed E-state index contributed by atoms with van der Waals surface area (Å²) in [5.74, 6) is -2.00. The Morgan fingerprint density at radius 3 is 2.44 bits per heavy atom. The number of rotatable bonds is 6. The fourth-order valence-corrected chi connectivity index (χ4v) is 1.70. The topological polar surface area (TPSA) is 77.5 Å². The zero-order valence-electron chi connectivity index (χ0n) is 9.91. The first-order valence-electron chi connectivity index (χ1n) is 5.28. The molecule has 1 aromatic carbocycles. The van der Waals surface area contributed by atoms with Crippen LogP contribution in [0.4, 0.5) is 0 Å². The van der Waals surface area contributed by atoms with Gasteiger partial charge in [0.1, 0.15) is 18.8 Å². The molecule has 0 radical (unpaired) electrons. The molecule has 1 atom stereocenters. The molecule has 0 spiro atoms. The lowest BCUT2D eigenvalue weighted by Crippen LogP contribution is -2.20. The molecule has 1 rings (SSSR count). The minimum atomic E-state index is -3.18. The van der Waals surface area contributed by atoms with Crippen molar-refractivity contribution in [1.82, 2.24) is 0 Å². The van der Waals surface area contributed by atoms with Crippen LogP contribution in [-0.4, -0.2) is 39.3 Å². The molecule has 0 aromatic heterocycles. The highest BCUT2D eigenvalue weighted by Gasteiger charge is 2.21. The number of sulfone groups is 1. The van der Waals surface area contributed by atoms with E-state index < -0.39 is 21.7 Å². The predicted molar refractivity (Wildman–Crippen MR) is 65.9 cm³/mol. The third kappa shape index (κ3) is 4.67. The van der Waals surface area contributed by atoms with E-state index in [0.29, 0.717) is 11.8 Å². The summed E-state index contributed by atoms with van der Waals surface area (Å²) >= 11 is 0. The lowest BCUT2D eigenvalue weighted by atomic mass is 10.0.